The molecule has 2 fully saturated rings. The molecule has 110 valence electrons. The molecule has 1 saturated heterocycles. The summed E-state index contributed by atoms with van der Waals surface area (Å²) in [6, 6.07) is 2.48. The van der Waals surface area contributed by atoms with Gasteiger partial charge in [-0.3, -0.25) is 4.90 Å². The molecule has 0 bridgehead atoms. The summed E-state index contributed by atoms with van der Waals surface area (Å²) in [7, 11) is 0. The largest absolute Gasteiger partial charge is 0.311 e. The number of rotatable bonds is 3. The molecule has 0 radical (unpaired) electrons. The monoisotopic (exact) mass is 274 g/mol. The van der Waals surface area contributed by atoms with Crippen LogP contribution >= 0.6 is 0 Å². The first-order valence-corrected chi connectivity index (χ1v) is 7.94. The van der Waals surface area contributed by atoms with Crippen molar-refractivity contribution < 1.29 is 0 Å². The molecule has 1 aromatic heterocycles. The van der Waals surface area contributed by atoms with Crippen molar-refractivity contribution >= 4 is 0 Å². The Morgan fingerprint density at radius 1 is 1.30 bits per heavy atom. The Bertz CT molecular complexity index is 425. The second-order valence-corrected chi connectivity index (χ2v) is 6.71. The lowest BCUT2D eigenvalue weighted by atomic mass is 9.88. The van der Waals surface area contributed by atoms with E-state index in [9.17, 15) is 0 Å². The highest BCUT2D eigenvalue weighted by Crippen LogP contribution is 2.38. The Hall–Kier alpha value is -1.00. The lowest BCUT2D eigenvalue weighted by Gasteiger charge is -2.49. The SMILES string of the molecule is CC(C)C1CN(Cc2ncccn2)C2(CCCC2)CN1. The molecule has 4 nitrogen and oxygen atoms in total. The van der Waals surface area contributed by atoms with Gasteiger partial charge in [0.15, 0.2) is 0 Å². The van der Waals surface area contributed by atoms with E-state index in [0.29, 0.717) is 17.5 Å². The van der Waals surface area contributed by atoms with Gasteiger partial charge < -0.3 is 5.32 Å². The lowest BCUT2D eigenvalue weighted by Crippen LogP contribution is -2.64. The van der Waals surface area contributed by atoms with E-state index in [-0.39, 0.29) is 0 Å². The summed E-state index contributed by atoms with van der Waals surface area (Å²) >= 11 is 0. The Labute approximate surface area is 122 Å². The molecular formula is C16H26N4. The predicted molar refractivity (Wildman–Crippen MR) is 80.3 cm³/mol. The second kappa shape index (κ2) is 5.78. The van der Waals surface area contributed by atoms with Crippen LogP contribution in [-0.2, 0) is 6.54 Å². The molecule has 1 saturated carbocycles. The highest BCUT2D eigenvalue weighted by atomic mass is 15.3. The molecule has 0 amide bonds. The summed E-state index contributed by atoms with van der Waals surface area (Å²) in [6.45, 7) is 7.76. The number of nitrogens with zero attached hydrogens (tertiary/aromatic N) is 3. The van der Waals surface area contributed by atoms with Crippen molar-refractivity contribution in [1.29, 1.82) is 0 Å². The van der Waals surface area contributed by atoms with Crippen LogP contribution < -0.4 is 5.32 Å². The van der Waals surface area contributed by atoms with Crippen molar-refractivity contribution in [3.8, 4) is 0 Å². The van der Waals surface area contributed by atoms with Gasteiger partial charge in [0.05, 0.1) is 6.54 Å². The van der Waals surface area contributed by atoms with Gasteiger partial charge in [-0.05, 0) is 24.8 Å². The van der Waals surface area contributed by atoms with Crippen LogP contribution in [0.1, 0.15) is 45.4 Å². The van der Waals surface area contributed by atoms with Gasteiger partial charge in [0.2, 0.25) is 0 Å². The first-order chi connectivity index (χ1) is 9.70. The summed E-state index contributed by atoms with van der Waals surface area (Å²) in [4.78, 5) is 11.5. The minimum Gasteiger partial charge on any atom is -0.311 e. The van der Waals surface area contributed by atoms with Crippen LogP contribution in [0.5, 0.6) is 0 Å². The Kier molecular flexibility index (Phi) is 4.03. The van der Waals surface area contributed by atoms with Crippen LogP contribution in [0.3, 0.4) is 0 Å². The van der Waals surface area contributed by atoms with Crippen molar-refractivity contribution in [1.82, 2.24) is 20.2 Å². The molecule has 0 aromatic carbocycles. The van der Waals surface area contributed by atoms with Gasteiger partial charge in [-0.1, -0.05) is 26.7 Å². The van der Waals surface area contributed by atoms with Gasteiger partial charge in [-0.15, -0.1) is 0 Å². The molecule has 1 spiro atoms. The third-order valence-electron chi connectivity index (χ3n) is 5.07. The van der Waals surface area contributed by atoms with Gasteiger partial charge >= 0.3 is 0 Å². The second-order valence-electron chi connectivity index (χ2n) is 6.71. The Morgan fingerprint density at radius 3 is 2.65 bits per heavy atom. The van der Waals surface area contributed by atoms with E-state index < -0.39 is 0 Å². The number of hydrogen-bond donors (Lipinski definition) is 1. The van der Waals surface area contributed by atoms with Crippen LogP contribution in [0.25, 0.3) is 0 Å². The van der Waals surface area contributed by atoms with Crippen molar-refractivity contribution in [3.05, 3.63) is 24.3 Å². The van der Waals surface area contributed by atoms with Gasteiger partial charge in [0, 0.05) is 37.1 Å². The maximum Gasteiger partial charge on any atom is 0.142 e. The fraction of sp³-hybridized carbons (Fsp3) is 0.750. The van der Waals surface area contributed by atoms with E-state index in [2.05, 4.69) is 34.0 Å². The van der Waals surface area contributed by atoms with E-state index in [0.717, 1.165) is 25.5 Å². The summed E-state index contributed by atoms with van der Waals surface area (Å²) in [6.07, 6.45) is 9.06. The first kappa shape index (κ1) is 14.0. The van der Waals surface area contributed by atoms with Crippen molar-refractivity contribution in [2.45, 2.75) is 57.7 Å². The maximum atomic E-state index is 4.42. The highest BCUT2D eigenvalue weighted by Gasteiger charge is 2.44. The van der Waals surface area contributed by atoms with E-state index in [1.807, 2.05) is 18.5 Å². The van der Waals surface area contributed by atoms with Crippen LogP contribution in [0.4, 0.5) is 0 Å². The van der Waals surface area contributed by atoms with Crippen LogP contribution in [0.2, 0.25) is 0 Å². The summed E-state index contributed by atoms with van der Waals surface area (Å²) in [5.74, 6) is 1.64. The number of hydrogen-bond acceptors (Lipinski definition) is 4. The summed E-state index contributed by atoms with van der Waals surface area (Å²) in [5.41, 5.74) is 0.352. The van der Waals surface area contributed by atoms with E-state index >= 15 is 0 Å². The smallest absolute Gasteiger partial charge is 0.142 e. The zero-order chi connectivity index (χ0) is 14.0. The quantitative estimate of drug-likeness (QED) is 0.917. The molecule has 1 aliphatic heterocycles. The molecular weight excluding hydrogens is 248 g/mol. The fourth-order valence-corrected chi connectivity index (χ4v) is 3.72. The zero-order valence-corrected chi connectivity index (χ0v) is 12.7. The third kappa shape index (κ3) is 2.72. The third-order valence-corrected chi connectivity index (χ3v) is 5.07. The van der Waals surface area contributed by atoms with Gasteiger partial charge in [0.25, 0.3) is 0 Å². The van der Waals surface area contributed by atoms with Gasteiger partial charge in [-0.25, -0.2) is 9.97 Å². The average molecular weight is 274 g/mol. The van der Waals surface area contributed by atoms with Gasteiger partial charge in [-0.2, -0.15) is 0 Å². The van der Waals surface area contributed by atoms with Crippen molar-refractivity contribution in [2.75, 3.05) is 13.1 Å². The molecule has 2 aliphatic rings. The zero-order valence-electron chi connectivity index (χ0n) is 12.7. The standard InChI is InChI=1S/C16H26N4/c1-13(2)14-10-20(11-15-17-8-5-9-18-15)16(12-19-14)6-3-4-7-16/h5,8-9,13-14,19H,3-4,6-7,10-12H2,1-2H3. The first-order valence-electron chi connectivity index (χ1n) is 7.94. The van der Waals surface area contributed by atoms with Crippen LogP contribution in [0, 0.1) is 5.92 Å². The van der Waals surface area contributed by atoms with E-state index in [1.165, 1.54) is 25.7 Å². The molecule has 1 atom stereocenters. The Morgan fingerprint density at radius 2 is 2.00 bits per heavy atom. The minimum atomic E-state index is 0.352. The molecule has 1 aromatic rings. The maximum absolute atomic E-state index is 4.42. The van der Waals surface area contributed by atoms with Crippen molar-refractivity contribution in [2.24, 2.45) is 5.92 Å². The Balaban J connectivity index is 1.78. The van der Waals surface area contributed by atoms with Crippen molar-refractivity contribution in [3.63, 3.8) is 0 Å². The topological polar surface area (TPSA) is 41.1 Å². The van der Waals surface area contributed by atoms with E-state index in [4.69, 9.17) is 0 Å². The number of piperazine rings is 1. The molecule has 1 unspecified atom stereocenters. The lowest BCUT2D eigenvalue weighted by molar-refractivity contribution is 0.0240. The summed E-state index contributed by atoms with van der Waals surface area (Å²) < 4.78 is 0. The molecule has 1 N–H and O–H groups in total. The normalized spacial score (nSPS) is 26.4. The molecule has 1 aliphatic carbocycles. The van der Waals surface area contributed by atoms with Crippen LogP contribution in [-0.4, -0.2) is 39.5 Å². The molecule has 4 heteroatoms. The van der Waals surface area contributed by atoms with E-state index in [1.54, 1.807) is 0 Å². The molecule has 20 heavy (non-hydrogen) atoms. The highest BCUT2D eigenvalue weighted by molar-refractivity contribution is 5.04. The van der Waals surface area contributed by atoms with Gasteiger partial charge in [0.1, 0.15) is 5.82 Å². The fourth-order valence-electron chi connectivity index (χ4n) is 3.72. The summed E-state index contributed by atoms with van der Waals surface area (Å²) in [5, 5.41) is 3.78. The predicted octanol–water partition coefficient (Wildman–Crippen LogP) is 2.22. The number of aromatic nitrogens is 2. The molecule has 3 rings (SSSR count). The number of nitrogens with one attached hydrogen (secondary N) is 1. The van der Waals surface area contributed by atoms with Crippen LogP contribution in [0.15, 0.2) is 18.5 Å². The molecule has 2 heterocycles. The average Bonchev–Trinajstić information content (AvgIpc) is 2.92. The minimum absolute atomic E-state index is 0.352.